The van der Waals surface area contributed by atoms with Gasteiger partial charge in [-0.3, -0.25) is 4.79 Å². The molecule has 22 heavy (non-hydrogen) atoms. The van der Waals surface area contributed by atoms with Crippen molar-refractivity contribution in [1.82, 2.24) is 5.43 Å². The van der Waals surface area contributed by atoms with E-state index < -0.39 is 0 Å². The van der Waals surface area contributed by atoms with E-state index in [2.05, 4.69) is 26.5 Å². The van der Waals surface area contributed by atoms with Crippen molar-refractivity contribution in [2.45, 2.75) is 6.92 Å². The topological polar surface area (TPSA) is 70.9 Å². The van der Waals surface area contributed by atoms with Crippen LogP contribution in [-0.2, 0) is 0 Å². The Bertz CT molecular complexity index is 729. The summed E-state index contributed by atoms with van der Waals surface area (Å²) in [7, 11) is 1.52. The highest BCUT2D eigenvalue weighted by Crippen LogP contribution is 2.24. The van der Waals surface area contributed by atoms with Gasteiger partial charge < -0.3 is 9.84 Å². The monoisotopic (exact) mass is 362 g/mol. The van der Waals surface area contributed by atoms with Gasteiger partial charge >= 0.3 is 0 Å². The lowest BCUT2D eigenvalue weighted by atomic mass is 10.1. The van der Waals surface area contributed by atoms with E-state index in [1.165, 1.54) is 13.2 Å². The minimum atomic E-state index is -0.333. The molecule has 0 saturated carbocycles. The number of hydrogen-bond acceptors (Lipinski definition) is 4. The Morgan fingerprint density at radius 1 is 1.23 bits per heavy atom. The van der Waals surface area contributed by atoms with E-state index in [-0.39, 0.29) is 11.7 Å². The van der Waals surface area contributed by atoms with Gasteiger partial charge in [0.05, 0.1) is 18.4 Å². The Morgan fingerprint density at radius 3 is 2.59 bits per heavy atom. The lowest BCUT2D eigenvalue weighted by molar-refractivity contribution is 0.0954. The summed E-state index contributed by atoms with van der Waals surface area (Å²) < 4.78 is 5.71. The van der Waals surface area contributed by atoms with Gasteiger partial charge in [0.25, 0.3) is 5.91 Å². The van der Waals surface area contributed by atoms with Crippen LogP contribution < -0.4 is 10.2 Å². The first-order chi connectivity index (χ1) is 10.5. The van der Waals surface area contributed by atoms with Crippen LogP contribution in [0, 0.1) is 0 Å². The van der Waals surface area contributed by atoms with E-state index in [0.717, 1.165) is 0 Å². The first kappa shape index (κ1) is 16.0. The number of carbonyl (C=O) groups excluding carboxylic acids is 1. The number of nitrogens with zero attached hydrogens (tertiary/aromatic N) is 1. The molecule has 0 aliphatic carbocycles. The van der Waals surface area contributed by atoms with Crippen LogP contribution in [0.3, 0.4) is 0 Å². The highest BCUT2D eigenvalue weighted by molar-refractivity contribution is 9.10. The molecular weight excluding hydrogens is 348 g/mol. The maximum Gasteiger partial charge on any atom is 0.272 e. The third kappa shape index (κ3) is 3.65. The third-order valence-electron chi connectivity index (χ3n) is 3.04. The van der Waals surface area contributed by atoms with Gasteiger partial charge in [-0.05, 0) is 47.1 Å². The van der Waals surface area contributed by atoms with Crippen LogP contribution in [0.25, 0.3) is 0 Å². The quantitative estimate of drug-likeness (QED) is 0.647. The number of halogens is 1. The van der Waals surface area contributed by atoms with Crippen LogP contribution in [-0.4, -0.2) is 23.8 Å². The summed E-state index contributed by atoms with van der Waals surface area (Å²) >= 11 is 3.31. The number of carbonyl (C=O) groups is 1. The van der Waals surface area contributed by atoms with Gasteiger partial charge in [-0.2, -0.15) is 5.10 Å². The Hall–Kier alpha value is -2.34. The van der Waals surface area contributed by atoms with Gasteiger partial charge in [-0.25, -0.2) is 5.43 Å². The number of hydrazone groups is 1. The summed E-state index contributed by atoms with van der Waals surface area (Å²) in [5.74, 6) is 0.252. The van der Waals surface area contributed by atoms with Crippen molar-refractivity contribution >= 4 is 27.5 Å². The molecular formula is C16H15BrN2O3. The molecule has 0 unspecified atom stereocenters. The zero-order chi connectivity index (χ0) is 16.1. The molecule has 0 spiro atoms. The Kier molecular flexibility index (Phi) is 5.16. The predicted octanol–water partition coefficient (Wildman–Crippen LogP) is 3.32. The van der Waals surface area contributed by atoms with Crippen LogP contribution in [0.5, 0.6) is 11.5 Å². The standard InChI is InChI=1S/C16H15BrN2O3/c1-10(12-8-7-11(22-2)9-15(12)20)18-19-16(21)13-5-3-4-6-14(13)17/h3-9,20H,1-2H3,(H,19,21). The largest absolute Gasteiger partial charge is 0.507 e. The van der Waals surface area contributed by atoms with Gasteiger partial charge in [0.15, 0.2) is 0 Å². The number of benzene rings is 2. The molecule has 0 heterocycles. The van der Waals surface area contributed by atoms with E-state index in [4.69, 9.17) is 4.74 Å². The molecule has 0 atom stereocenters. The molecule has 114 valence electrons. The highest BCUT2D eigenvalue weighted by Gasteiger charge is 2.10. The third-order valence-corrected chi connectivity index (χ3v) is 3.73. The van der Waals surface area contributed by atoms with Gasteiger partial charge in [-0.1, -0.05) is 12.1 Å². The number of rotatable bonds is 4. The van der Waals surface area contributed by atoms with Crippen LogP contribution in [0.2, 0.25) is 0 Å². The van der Waals surface area contributed by atoms with Crippen LogP contribution >= 0.6 is 15.9 Å². The van der Waals surface area contributed by atoms with Crippen LogP contribution in [0.4, 0.5) is 0 Å². The fraction of sp³-hybridized carbons (Fsp3) is 0.125. The number of aromatic hydroxyl groups is 1. The molecule has 6 heteroatoms. The van der Waals surface area contributed by atoms with Crippen molar-refractivity contribution < 1.29 is 14.6 Å². The maximum atomic E-state index is 12.1. The molecule has 1 amide bonds. The minimum Gasteiger partial charge on any atom is -0.507 e. The first-order valence-electron chi connectivity index (χ1n) is 6.49. The summed E-state index contributed by atoms with van der Waals surface area (Å²) in [6.07, 6.45) is 0. The summed E-state index contributed by atoms with van der Waals surface area (Å²) in [6, 6.07) is 11.9. The second kappa shape index (κ2) is 7.09. The van der Waals surface area contributed by atoms with E-state index in [0.29, 0.717) is 27.1 Å². The fourth-order valence-corrected chi connectivity index (χ4v) is 2.31. The lowest BCUT2D eigenvalue weighted by Crippen LogP contribution is -2.19. The highest BCUT2D eigenvalue weighted by atomic mass is 79.9. The number of methoxy groups -OCH3 is 1. The average molecular weight is 363 g/mol. The second-order valence-electron chi connectivity index (χ2n) is 4.50. The molecule has 2 rings (SSSR count). The molecule has 0 aliphatic heterocycles. The molecule has 5 nitrogen and oxygen atoms in total. The molecule has 0 saturated heterocycles. The summed E-state index contributed by atoms with van der Waals surface area (Å²) in [5.41, 5.74) is 3.96. The first-order valence-corrected chi connectivity index (χ1v) is 7.28. The Morgan fingerprint density at radius 2 is 1.95 bits per heavy atom. The van der Waals surface area contributed by atoms with Gasteiger partial charge in [-0.15, -0.1) is 0 Å². The van der Waals surface area contributed by atoms with E-state index >= 15 is 0 Å². The van der Waals surface area contributed by atoms with Gasteiger partial charge in [0, 0.05) is 16.1 Å². The Labute approximate surface area is 136 Å². The fourth-order valence-electron chi connectivity index (χ4n) is 1.84. The molecule has 2 N–H and O–H groups in total. The molecule has 2 aromatic carbocycles. The molecule has 0 aromatic heterocycles. The van der Waals surface area contributed by atoms with Gasteiger partial charge in [0.1, 0.15) is 11.5 Å². The number of hydrogen-bond donors (Lipinski definition) is 2. The van der Waals surface area contributed by atoms with Crippen molar-refractivity contribution in [3.63, 3.8) is 0 Å². The predicted molar refractivity (Wildman–Crippen MR) is 88.5 cm³/mol. The van der Waals surface area contributed by atoms with Crippen molar-refractivity contribution in [3.8, 4) is 11.5 Å². The van der Waals surface area contributed by atoms with Gasteiger partial charge in [0.2, 0.25) is 0 Å². The maximum absolute atomic E-state index is 12.1. The number of amides is 1. The van der Waals surface area contributed by atoms with Crippen molar-refractivity contribution in [2.75, 3.05) is 7.11 Å². The summed E-state index contributed by atoms with van der Waals surface area (Å²) in [4.78, 5) is 12.1. The number of phenols is 1. The normalized spacial score (nSPS) is 11.1. The summed E-state index contributed by atoms with van der Waals surface area (Å²) in [5, 5.41) is 14.0. The number of ether oxygens (including phenoxy) is 1. The molecule has 2 aromatic rings. The van der Waals surface area contributed by atoms with E-state index in [1.54, 1.807) is 37.3 Å². The van der Waals surface area contributed by atoms with Crippen molar-refractivity contribution in [2.24, 2.45) is 5.10 Å². The average Bonchev–Trinajstić information content (AvgIpc) is 2.52. The molecule has 0 bridgehead atoms. The second-order valence-corrected chi connectivity index (χ2v) is 5.36. The van der Waals surface area contributed by atoms with Crippen LogP contribution in [0.1, 0.15) is 22.8 Å². The van der Waals surface area contributed by atoms with Crippen molar-refractivity contribution in [1.29, 1.82) is 0 Å². The van der Waals surface area contributed by atoms with Crippen LogP contribution in [0.15, 0.2) is 52.0 Å². The zero-order valence-corrected chi connectivity index (χ0v) is 13.7. The zero-order valence-electron chi connectivity index (χ0n) is 12.1. The number of phenolic OH excluding ortho intramolecular Hbond substituents is 1. The molecule has 0 aliphatic rings. The SMILES string of the molecule is COc1ccc(C(C)=NNC(=O)c2ccccc2Br)c(O)c1. The van der Waals surface area contributed by atoms with E-state index in [1.807, 2.05) is 6.07 Å². The lowest BCUT2D eigenvalue weighted by Gasteiger charge is -2.07. The molecule has 0 radical (unpaired) electrons. The molecule has 0 fully saturated rings. The van der Waals surface area contributed by atoms with E-state index in [9.17, 15) is 9.90 Å². The number of nitrogens with one attached hydrogen (secondary N) is 1. The summed E-state index contributed by atoms with van der Waals surface area (Å²) in [6.45, 7) is 1.70. The Balaban J connectivity index is 2.16. The smallest absolute Gasteiger partial charge is 0.272 e. The minimum absolute atomic E-state index is 0.0377. The van der Waals surface area contributed by atoms with Crippen molar-refractivity contribution in [3.05, 3.63) is 58.1 Å².